The lowest BCUT2D eigenvalue weighted by atomic mass is 10.2. The number of carbonyl (C=O) groups excluding carboxylic acids is 1. The lowest BCUT2D eigenvalue weighted by Gasteiger charge is -1.92. The second-order valence-electron chi connectivity index (χ2n) is 3.92. The minimum Gasteiger partial charge on any atom is -0.402 e. The number of hydrogen-bond acceptors (Lipinski definition) is 6. The Morgan fingerprint density at radius 2 is 2.11 bits per heavy atom. The van der Waals surface area contributed by atoms with Gasteiger partial charge in [-0.25, -0.2) is 0 Å². The van der Waals surface area contributed by atoms with Crippen LogP contribution in [0.4, 0.5) is 6.01 Å². The monoisotopic (exact) mass is 274 g/mol. The summed E-state index contributed by atoms with van der Waals surface area (Å²) in [4.78, 5) is 15.4. The number of amidine groups is 1. The molecule has 7 heteroatoms. The zero-order valence-corrected chi connectivity index (χ0v) is 10.8. The van der Waals surface area contributed by atoms with E-state index in [-0.39, 0.29) is 17.2 Å². The third kappa shape index (κ3) is 2.50. The summed E-state index contributed by atoms with van der Waals surface area (Å²) >= 11 is 1.34. The first-order chi connectivity index (χ1) is 9.22. The van der Waals surface area contributed by atoms with Crippen LogP contribution in [0.25, 0.3) is 11.5 Å². The van der Waals surface area contributed by atoms with Gasteiger partial charge in [0.25, 0.3) is 0 Å². The van der Waals surface area contributed by atoms with Crippen LogP contribution < -0.4 is 5.32 Å². The molecule has 3 rings (SSSR count). The number of aliphatic imine (C=N–C) groups is 1. The molecule has 1 aliphatic rings. The smallest absolute Gasteiger partial charge is 0.345 e. The highest BCUT2D eigenvalue weighted by atomic mass is 32.2. The maximum absolute atomic E-state index is 11.3. The topological polar surface area (TPSA) is 80.4 Å². The van der Waals surface area contributed by atoms with Gasteiger partial charge < -0.3 is 9.73 Å². The van der Waals surface area contributed by atoms with Crippen LogP contribution >= 0.6 is 11.8 Å². The molecule has 0 spiro atoms. The minimum atomic E-state index is -0.143. The number of benzene rings is 1. The van der Waals surface area contributed by atoms with Crippen molar-refractivity contribution in [2.75, 3.05) is 0 Å². The molecule has 0 radical (unpaired) electrons. The van der Waals surface area contributed by atoms with Gasteiger partial charge in [0, 0.05) is 5.56 Å². The average Bonchev–Trinajstić information content (AvgIpc) is 2.99. The van der Waals surface area contributed by atoms with Crippen molar-refractivity contribution in [3.05, 3.63) is 30.3 Å². The summed E-state index contributed by atoms with van der Waals surface area (Å²) in [7, 11) is 0. The first-order valence-corrected chi connectivity index (χ1v) is 6.55. The Morgan fingerprint density at radius 3 is 2.79 bits per heavy atom. The predicted molar refractivity (Wildman–Crippen MR) is 72.0 cm³/mol. The third-order valence-corrected chi connectivity index (χ3v) is 3.50. The van der Waals surface area contributed by atoms with Crippen LogP contribution in [0.5, 0.6) is 0 Å². The van der Waals surface area contributed by atoms with Gasteiger partial charge in [0.05, 0.1) is 5.25 Å². The standard InChI is InChI=1S/C12H10N4O2S/c1-7-9(17)13-12(19-7)14-11-16-15-10(18-11)8-5-3-2-4-6-8/h2-7H,1H3,(H,13,14,16,17). The molecule has 0 aliphatic carbocycles. The number of nitrogens with one attached hydrogen (secondary N) is 1. The highest BCUT2D eigenvalue weighted by Crippen LogP contribution is 2.24. The molecule has 1 amide bonds. The van der Waals surface area contributed by atoms with Crippen molar-refractivity contribution in [3.63, 3.8) is 0 Å². The first kappa shape index (κ1) is 11.9. The molecule has 1 unspecified atom stereocenters. The van der Waals surface area contributed by atoms with E-state index in [1.807, 2.05) is 37.3 Å². The zero-order chi connectivity index (χ0) is 13.2. The van der Waals surface area contributed by atoms with Crippen molar-refractivity contribution in [3.8, 4) is 11.5 Å². The number of thioether (sulfide) groups is 1. The van der Waals surface area contributed by atoms with E-state index >= 15 is 0 Å². The lowest BCUT2D eigenvalue weighted by molar-refractivity contribution is -0.118. The number of hydrogen-bond donors (Lipinski definition) is 1. The Labute approximate surface area is 113 Å². The number of aromatic nitrogens is 2. The highest BCUT2D eigenvalue weighted by Gasteiger charge is 2.26. The summed E-state index contributed by atoms with van der Waals surface area (Å²) in [6.07, 6.45) is 0. The van der Waals surface area contributed by atoms with Crippen molar-refractivity contribution in [1.29, 1.82) is 0 Å². The van der Waals surface area contributed by atoms with Crippen LogP contribution in [0.1, 0.15) is 6.92 Å². The van der Waals surface area contributed by atoms with E-state index in [1.165, 1.54) is 11.8 Å². The molecule has 1 N–H and O–H groups in total. The van der Waals surface area contributed by atoms with E-state index in [2.05, 4.69) is 20.5 Å². The molecule has 2 heterocycles. The fourth-order valence-electron chi connectivity index (χ4n) is 1.56. The summed E-state index contributed by atoms with van der Waals surface area (Å²) in [5, 5.41) is 10.7. The van der Waals surface area contributed by atoms with E-state index in [4.69, 9.17) is 4.42 Å². The number of carbonyl (C=O) groups is 1. The van der Waals surface area contributed by atoms with Crippen molar-refractivity contribution in [2.24, 2.45) is 4.99 Å². The number of nitrogens with zero attached hydrogens (tertiary/aromatic N) is 3. The Balaban J connectivity index is 1.83. The van der Waals surface area contributed by atoms with E-state index < -0.39 is 0 Å². The minimum absolute atomic E-state index is 0.0634. The summed E-state index contributed by atoms with van der Waals surface area (Å²) in [6.45, 7) is 1.81. The molecule has 1 aliphatic heterocycles. The van der Waals surface area contributed by atoms with Gasteiger partial charge in [-0.15, -0.1) is 5.10 Å². The molecule has 0 bridgehead atoms. The van der Waals surface area contributed by atoms with Crippen LogP contribution in [-0.2, 0) is 4.79 Å². The Hall–Kier alpha value is -2.15. The van der Waals surface area contributed by atoms with Crippen molar-refractivity contribution >= 4 is 28.9 Å². The summed E-state index contributed by atoms with van der Waals surface area (Å²) in [5.41, 5.74) is 0.831. The SMILES string of the molecule is CC1S/C(=N/c2nnc(-c3ccccc3)o2)NC1=O. The number of rotatable bonds is 2. The van der Waals surface area contributed by atoms with E-state index in [0.29, 0.717) is 11.1 Å². The average molecular weight is 274 g/mol. The summed E-state index contributed by atoms with van der Waals surface area (Å²) in [5.74, 6) is 0.342. The quantitative estimate of drug-likeness (QED) is 0.905. The zero-order valence-electron chi connectivity index (χ0n) is 10.0. The molecule has 19 heavy (non-hydrogen) atoms. The molecule has 2 aromatic rings. The van der Waals surface area contributed by atoms with Gasteiger partial charge in [0.15, 0.2) is 5.17 Å². The van der Waals surface area contributed by atoms with Crippen LogP contribution in [0.15, 0.2) is 39.7 Å². The maximum atomic E-state index is 11.3. The molecular weight excluding hydrogens is 264 g/mol. The van der Waals surface area contributed by atoms with E-state index in [0.717, 1.165) is 5.56 Å². The van der Waals surface area contributed by atoms with Gasteiger partial charge in [0.2, 0.25) is 11.8 Å². The largest absolute Gasteiger partial charge is 0.402 e. The molecule has 0 saturated carbocycles. The summed E-state index contributed by atoms with van der Waals surface area (Å²) < 4.78 is 5.43. The highest BCUT2D eigenvalue weighted by molar-refractivity contribution is 8.15. The number of amides is 1. The van der Waals surface area contributed by atoms with Gasteiger partial charge in [0.1, 0.15) is 0 Å². The normalized spacial score (nSPS) is 20.8. The molecule has 6 nitrogen and oxygen atoms in total. The Morgan fingerprint density at radius 1 is 1.32 bits per heavy atom. The van der Waals surface area contributed by atoms with E-state index in [1.54, 1.807) is 0 Å². The fraction of sp³-hybridized carbons (Fsp3) is 0.167. The first-order valence-electron chi connectivity index (χ1n) is 5.67. The van der Waals surface area contributed by atoms with Gasteiger partial charge in [-0.2, -0.15) is 4.99 Å². The molecule has 1 aromatic carbocycles. The molecule has 96 valence electrons. The molecular formula is C12H10N4O2S. The molecule has 1 aromatic heterocycles. The van der Waals surface area contributed by atoms with Crippen LogP contribution in [0, 0.1) is 0 Å². The summed E-state index contributed by atoms with van der Waals surface area (Å²) in [6, 6.07) is 9.57. The second kappa shape index (κ2) is 4.85. The van der Waals surface area contributed by atoms with Crippen molar-refractivity contribution in [2.45, 2.75) is 12.2 Å². The molecule has 1 atom stereocenters. The Bertz CT molecular complexity index is 638. The van der Waals surface area contributed by atoms with E-state index in [9.17, 15) is 4.79 Å². The van der Waals surface area contributed by atoms with Crippen molar-refractivity contribution < 1.29 is 9.21 Å². The van der Waals surface area contributed by atoms with Crippen LogP contribution in [0.2, 0.25) is 0 Å². The predicted octanol–water partition coefficient (Wildman–Crippen LogP) is 1.98. The fourth-order valence-corrected chi connectivity index (χ4v) is 2.35. The van der Waals surface area contributed by atoms with Crippen LogP contribution in [-0.4, -0.2) is 26.5 Å². The lowest BCUT2D eigenvalue weighted by Crippen LogP contribution is -2.23. The molecule has 1 saturated heterocycles. The van der Waals surface area contributed by atoms with Gasteiger partial charge in [-0.05, 0) is 19.1 Å². The maximum Gasteiger partial charge on any atom is 0.345 e. The van der Waals surface area contributed by atoms with Crippen LogP contribution in [0.3, 0.4) is 0 Å². The van der Waals surface area contributed by atoms with Crippen molar-refractivity contribution in [1.82, 2.24) is 15.5 Å². The molecule has 1 fully saturated rings. The second-order valence-corrected chi connectivity index (χ2v) is 5.25. The van der Waals surface area contributed by atoms with Gasteiger partial charge in [-0.1, -0.05) is 35.1 Å². The van der Waals surface area contributed by atoms with Gasteiger partial charge >= 0.3 is 6.01 Å². The Kier molecular flexibility index (Phi) is 3.04. The third-order valence-electron chi connectivity index (χ3n) is 2.52. The van der Waals surface area contributed by atoms with Gasteiger partial charge in [-0.3, -0.25) is 4.79 Å².